The summed E-state index contributed by atoms with van der Waals surface area (Å²) < 4.78 is 10.9. The van der Waals surface area contributed by atoms with Crippen LogP contribution in [0.25, 0.3) is 0 Å². The number of hydrogen-bond donors (Lipinski definition) is 2. The molecule has 114 valence electrons. The largest absolute Gasteiger partial charge is 0.439 e. The van der Waals surface area contributed by atoms with Gasteiger partial charge in [-0.05, 0) is 18.2 Å². The lowest BCUT2D eigenvalue weighted by atomic mass is 10.2. The zero-order chi connectivity index (χ0) is 15.2. The van der Waals surface area contributed by atoms with Crippen molar-refractivity contribution in [2.75, 3.05) is 25.1 Å². The summed E-state index contributed by atoms with van der Waals surface area (Å²) in [4.78, 5) is 16.2. The molecule has 1 aromatic carbocycles. The molecule has 1 unspecified atom stereocenters. The van der Waals surface area contributed by atoms with Gasteiger partial charge >= 0.3 is 0 Å². The first-order chi connectivity index (χ1) is 10.8. The molecular weight excluding hydrogens is 282 g/mol. The normalized spacial score (nSPS) is 17.7. The second-order valence-corrected chi connectivity index (χ2v) is 4.87. The van der Waals surface area contributed by atoms with Crippen molar-refractivity contribution >= 4 is 11.6 Å². The minimum Gasteiger partial charge on any atom is -0.439 e. The van der Waals surface area contributed by atoms with Gasteiger partial charge in [-0.3, -0.25) is 4.79 Å². The number of rotatable bonds is 4. The van der Waals surface area contributed by atoms with Crippen molar-refractivity contribution in [1.82, 2.24) is 10.3 Å². The van der Waals surface area contributed by atoms with E-state index >= 15 is 0 Å². The molecule has 22 heavy (non-hydrogen) atoms. The van der Waals surface area contributed by atoms with Crippen molar-refractivity contribution in [2.24, 2.45) is 0 Å². The van der Waals surface area contributed by atoms with Crippen LogP contribution in [0.5, 0.6) is 11.6 Å². The molecule has 0 spiro atoms. The van der Waals surface area contributed by atoms with E-state index in [0.29, 0.717) is 31.3 Å². The third-order valence-electron chi connectivity index (χ3n) is 3.21. The number of hydrogen-bond acceptors (Lipinski definition) is 5. The zero-order valence-corrected chi connectivity index (χ0v) is 12.0. The van der Waals surface area contributed by atoms with E-state index in [1.54, 1.807) is 18.3 Å². The molecule has 0 saturated carbocycles. The quantitative estimate of drug-likeness (QED) is 0.900. The standard InChI is InChI=1S/C16H17N3O3/c20-16(14-11-21-9-8-17-14)19-12-6-7-15(18-10-12)22-13-4-2-1-3-5-13/h1-7,10,14,17H,8-9,11H2,(H,19,20). The van der Waals surface area contributed by atoms with Gasteiger partial charge in [0.15, 0.2) is 0 Å². The Balaban J connectivity index is 1.58. The molecule has 0 aliphatic carbocycles. The van der Waals surface area contributed by atoms with Crippen molar-refractivity contribution < 1.29 is 14.3 Å². The van der Waals surface area contributed by atoms with E-state index in [-0.39, 0.29) is 11.9 Å². The minimum atomic E-state index is -0.325. The number of aromatic nitrogens is 1. The van der Waals surface area contributed by atoms with Crippen molar-refractivity contribution in [3.05, 3.63) is 48.7 Å². The molecule has 1 atom stereocenters. The summed E-state index contributed by atoms with van der Waals surface area (Å²) in [7, 11) is 0. The molecule has 6 nitrogen and oxygen atoms in total. The fourth-order valence-corrected chi connectivity index (χ4v) is 2.09. The van der Waals surface area contributed by atoms with E-state index in [1.165, 1.54) is 0 Å². The van der Waals surface area contributed by atoms with Gasteiger partial charge in [-0.2, -0.15) is 0 Å². The van der Waals surface area contributed by atoms with Gasteiger partial charge in [-0.25, -0.2) is 4.98 Å². The summed E-state index contributed by atoms with van der Waals surface area (Å²) in [6.07, 6.45) is 1.57. The molecule has 1 aromatic heterocycles. The second kappa shape index (κ2) is 7.02. The molecule has 1 aliphatic rings. The fraction of sp³-hybridized carbons (Fsp3) is 0.250. The number of benzene rings is 1. The van der Waals surface area contributed by atoms with Gasteiger partial charge in [-0.15, -0.1) is 0 Å². The Morgan fingerprint density at radius 1 is 1.27 bits per heavy atom. The summed E-state index contributed by atoms with van der Waals surface area (Å²) in [5.74, 6) is 1.07. The number of carbonyl (C=O) groups is 1. The van der Waals surface area contributed by atoms with Crippen LogP contribution in [-0.2, 0) is 9.53 Å². The van der Waals surface area contributed by atoms with Crippen molar-refractivity contribution in [3.63, 3.8) is 0 Å². The maximum absolute atomic E-state index is 12.0. The Hall–Kier alpha value is -2.44. The van der Waals surface area contributed by atoms with Crippen molar-refractivity contribution in [2.45, 2.75) is 6.04 Å². The van der Waals surface area contributed by atoms with Crippen LogP contribution in [0.15, 0.2) is 48.7 Å². The van der Waals surface area contributed by atoms with Crippen LogP contribution in [-0.4, -0.2) is 36.7 Å². The van der Waals surface area contributed by atoms with Crippen LogP contribution in [0.1, 0.15) is 0 Å². The number of pyridine rings is 1. The molecule has 0 bridgehead atoms. The molecule has 6 heteroatoms. The predicted octanol–water partition coefficient (Wildman–Crippen LogP) is 1.80. The SMILES string of the molecule is O=C(Nc1ccc(Oc2ccccc2)nc1)C1COCCN1. The molecule has 0 radical (unpaired) electrons. The maximum atomic E-state index is 12.0. The smallest absolute Gasteiger partial charge is 0.243 e. The topological polar surface area (TPSA) is 72.5 Å². The molecule has 1 aliphatic heterocycles. The molecule has 2 aromatic rings. The van der Waals surface area contributed by atoms with Crippen LogP contribution in [0.4, 0.5) is 5.69 Å². The fourth-order valence-electron chi connectivity index (χ4n) is 2.09. The summed E-state index contributed by atoms with van der Waals surface area (Å²) >= 11 is 0. The number of anilines is 1. The average Bonchev–Trinajstić information content (AvgIpc) is 2.58. The summed E-state index contributed by atoms with van der Waals surface area (Å²) in [6, 6.07) is 12.6. The lowest BCUT2D eigenvalue weighted by Crippen LogP contribution is -2.48. The number of morpholine rings is 1. The van der Waals surface area contributed by atoms with Crippen LogP contribution in [0.2, 0.25) is 0 Å². The third-order valence-corrected chi connectivity index (χ3v) is 3.21. The Labute approximate surface area is 128 Å². The summed E-state index contributed by atoms with van der Waals surface area (Å²) in [5.41, 5.74) is 0.623. The molecular formula is C16H17N3O3. The highest BCUT2D eigenvalue weighted by Gasteiger charge is 2.21. The van der Waals surface area contributed by atoms with Gasteiger partial charge in [0, 0.05) is 12.6 Å². The molecule has 2 heterocycles. The first kappa shape index (κ1) is 14.5. The molecule has 2 N–H and O–H groups in total. The van der Waals surface area contributed by atoms with E-state index in [0.717, 1.165) is 5.75 Å². The van der Waals surface area contributed by atoms with Gasteiger partial charge in [0.1, 0.15) is 11.8 Å². The first-order valence-electron chi connectivity index (χ1n) is 7.12. The van der Waals surface area contributed by atoms with E-state index in [1.807, 2.05) is 30.3 Å². The number of para-hydroxylation sites is 1. The van der Waals surface area contributed by atoms with Gasteiger partial charge < -0.3 is 20.1 Å². The zero-order valence-electron chi connectivity index (χ0n) is 12.0. The summed E-state index contributed by atoms with van der Waals surface area (Å²) in [5, 5.41) is 5.90. The molecule has 3 rings (SSSR count). The van der Waals surface area contributed by atoms with Crippen LogP contribution >= 0.6 is 0 Å². The second-order valence-electron chi connectivity index (χ2n) is 4.87. The number of amides is 1. The number of nitrogens with one attached hydrogen (secondary N) is 2. The van der Waals surface area contributed by atoms with E-state index < -0.39 is 0 Å². The van der Waals surface area contributed by atoms with E-state index in [9.17, 15) is 4.79 Å². The van der Waals surface area contributed by atoms with Crippen molar-refractivity contribution in [3.8, 4) is 11.6 Å². The molecule has 1 saturated heterocycles. The number of ether oxygens (including phenoxy) is 2. The minimum absolute atomic E-state index is 0.127. The van der Waals surface area contributed by atoms with Crippen molar-refractivity contribution in [1.29, 1.82) is 0 Å². The van der Waals surface area contributed by atoms with Gasteiger partial charge in [0.2, 0.25) is 11.8 Å². The Bertz CT molecular complexity index is 610. The number of carbonyl (C=O) groups excluding carboxylic acids is 1. The van der Waals surface area contributed by atoms with Gasteiger partial charge in [-0.1, -0.05) is 18.2 Å². The molecule has 1 fully saturated rings. The summed E-state index contributed by atoms with van der Waals surface area (Å²) in [6.45, 7) is 1.70. The van der Waals surface area contributed by atoms with Gasteiger partial charge in [0.25, 0.3) is 0 Å². The lowest BCUT2D eigenvalue weighted by molar-refractivity contribution is -0.120. The first-order valence-corrected chi connectivity index (χ1v) is 7.12. The van der Waals surface area contributed by atoms with Gasteiger partial charge in [0.05, 0.1) is 25.1 Å². The van der Waals surface area contributed by atoms with E-state index in [4.69, 9.17) is 9.47 Å². The highest BCUT2D eigenvalue weighted by atomic mass is 16.5. The Morgan fingerprint density at radius 3 is 2.82 bits per heavy atom. The maximum Gasteiger partial charge on any atom is 0.243 e. The highest BCUT2D eigenvalue weighted by molar-refractivity contribution is 5.94. The third kappa shape index (κ3) is 3.81. The van der Waals surface area contributed by atoms with Crippen LogP contribution in [0.3, 0.4) is 0 Å². The monoisotopic (exact) mass is 299 g/mol. The van der Waals surface area contributed by atoms with Crippen LogP contribution < -0.4 is 15.4 Å². The van der Waals surface area contributed by atoms with Crippen LogP contribution in [0, 0.1) is 0 Å². The predicted molar refractivity (Wildman–Crippen MR) is 82.0 cm³/mol. The molecule has 1 amide bonds. The Morgan fingerprint density at radius 2 is 2.14 bits per heavy atom. The lowest BCUT2D eigenvalue weighted by Gasteiger charge is -2.22. The Kier molecular flexibility index (Phi) is 4.62. The average molecular weight is 299 g/mol. The van der Waals surface area contributed by atoms with E-state index in [2.05, 4.69) is 15.6 Å². The number of nitrogens with zero attached hydrogens (tertiary/aromatic N) is 1. The highest BCUT2D eigenvalue weighted by Crippen LogP contribution is 2.19.